The number of nitrogens with zero attached hydrogens (tertiary/aromatic N) is 1. The van der Waals surface area contributed by atoms with Crippen molar-refractivity contribution in [2.24, 2.45) is 34.5 Å². The van der Waals surface area contributed by atoms with Gasteiger partial charge in [-0.05, 0) is 60.7 Å². The summed E-state index contributed by atoms with van der Waals surface area (Å²) in [6.45, 7) is 6.98. The van der Waals surface area contributed by atoms with Crippen LogP contribution >= 0.6 is 0 Å². The van der Waals surface area contributed by atoms with Crippen molar-refractivity contribution in [1.82, 2.24) is 4.90 Å². The Morgan fingerprint density at radius 2 is 1.95 bits per heavy atom. The minimum Gasteiger partial charge on any atom is -0.375 e. The average molecular weight is 303 g/mol. The lowest BCUT2D eigenvalue weighted by Gasteiger charge is -2.65. The van der Waals surface area contributed by atoms with E-state index in [9.17, 15) is 9.90 Å². The Hall–Kier alpha value is -0.410. The van der Waals surface area contributed by atoms with Gasteiger partial charge in [-0.1, -0.05) is 13.8 Å². The van der Waals surface area contributed by atoms with E-state index in [0.717, 1.165) is 38.3 Å². The molecule has 8 unspecified atom stereocenters. The van der Waals surface area contributed by atoms with Crippen molar-refractivity contribution < 1.29 is 9.90 Å². The first-order valence-electron chi connectivity index (χ1n) is 9.36. The molecule has 3 heteroatoms. The number of carbonyl (C=O) groups excluding carboxylic acids is 1. The fourth-order valence-electron chi connectivity index (χ4n) is 7.88. The van der Waals surface area contributed by atoms with Crippen molar-refractivity contribution in [3.8, 4) is 0 Å². The van der Waals surface area contributed by atoms with Crippen LogP contribution in [-0.2, 0) is 4.79 Å². The Balaban J connectivity index is 1.59. The number of piperidine rings is 1. The predicted octanol–water partition coefficient (Wildman–Crippen LogP) is 2.82. The number of aliphatic hydroxyl groups is 1. The van der Waals surface area contributed by atoms with Crippen molar-refractivity contribution in [2.45, 2.75) is 64.5 Å². The third-order valence-corrected chi connectivity index (χ3v) is 8.90. The van der Waals surface area contributed by atoms with Crippen LogP contribution in [0.15, 0.2) is 0 Å². The number of hydrogen-bond donors (Lipinski definition) is 1. The SMILES string of the molecule is CC12CCC3C(CC4(O)C5CCN4CCC35C)C1CC(=O)C2. The van der Waals surface area contributed by atoms with Gasteiger partial charge in [0.25, 0.3) is 0 Å². The summed E-state index contributed by atoms with van der Waals surface area (Å²) in [6.07, 6.45) is 7.46. The molecule has 2 heterocycles. The van der Waals surface area contributed by atoms with Gasteiger partial charge in [-0.2, -0.15) is 0 Å². The zero-order chi connectivity index (χ0) is 15.3. The second-order valence-electron chi connectivity index (χ2n) is 9.66. The van der Waals surface area contributed by atoms with E-state index in [1.807, 2.05) is 0 Å². The second kappa shape index (κ2) is 3.97. The lowest BCUT2D eigenvalue weighted by Crippen LogP contribution is -2.66. The first kappa shape index (κ1) is 14.0. The molecule has 0 aromatic rings. The van der Waals surface area contributed by atoms with E-state index >= 15 is 0 Å². The molecule has 3 saturated carbocycles. The van der Waals surface area contributed by atoms with Gasteiger partial charge in [0.15, 0.2) is 0 Å². The molecular weight excluding hydrogens is 274 g/mol. The molecule has 0 amide bonds. The molecule has 122 valence electrons. The third-order valence-electron chi connectivity index (χ3n) is 8.90. The standard InChI is InChI=1S/C19H29NO2/c1-17-5-3-14-13(15(17)9-12(21)10-17)11-19(22)16-4-7-20(19)8-6-18(14,16)2/h13-16,22H,3-11H2,1-2H3. The van der Waals surface area contributed by atoms with E-state index in [1.54, 1.807) is 0 Å². The van der Waals surface area contributed by atoms with Gasteiger partial charge in [-0.25, -0.2) is 0 Å². The van der Waals surface area contributed by atoms with Gasteiger partial charge < -0.3 is 5.11 Å². The zero-order valence-electron chi connectivity index (χ0n) is 14.0. The summed E-state index contributed by atoms with van der Waals surface area (Å²) in [5.41, 5.74) is -0.0271. The minimum absolute atomic E-state index is 0.227. The van der Waals surface area contributed by atoms with Crippen LogP contribution in [-0.4, -0.2) is 34.6 Å². The van der Waals surface area contributed by atoms with Gasteiger partial charge in [0.2, 0.25) is 0 Å². The molecule has 3 nitrogen and oxygen atoms in total. The van der Waals surface area contributed by atoms with Crippen LogP contribution in [0.4, 0.5) is 0 Å². The van der Waals surface area contributed by atoms with Gasteiger partial charge in [0, 0.05) is 31.8 Å². The quantitative estimate of drug-likeness (QED) is 0.748. The van der Waals surface area contributed by atoms with Gasteiger partial charge >= 0.3 is 0 Å². The van der Waals surface area contributed by atoms with E-state index in [2.05, 4.69) is 18.7 Å². The van der Waals surface area contributed by atoms with E-state index < -0.39 is 5.72 Å². The highest BCUT2D eigenvalue weighted by atomic mass is 16.3. The maximum Gasteiger partial charge on any atom is 0.133 e. The highest BCUT2D eigenvalue weighted by molar-refractivity contribution is 5.82. The molecule has 3 aliphatic carbocycles. The number of hydrogen-bond acceptors (Lipinski definition) is 3. The number of rotatable bonds is 0. The highest BCUT2D eigenvalue weighted by Gasteiger charge is 2.68. The van der Waals surface area contributed by atoms with E-state index in [4.69, 9.17) is 0 Å². The molecule has 0 radical (unpaired) electrons. The average Bonchev–Trinajstić information content (AvgIpc) is 2.85. The summed E-state index contributed by atoms with van der Waals surface area (Å²) in [5.74, 6) is 2.78. The smallest absolute Gasteiger partial charge is 0.133 e. The fourth-order valence-corrected chi connectivity index (χ4v) is 7.88. The van der Waals surface area contributed by atoms with Crippen molar-refractivity contribution in [1.29, 1.82) is 0 Å². The first-order valence-corrected chi connectivity index (χ1v) is 9.36. The molecule has 22 heavy (non-hydrogen) atoms. The molecule has 0 spiro atoms. The Morgan fingerprint density at radius 1 is 1.14 bits per heavy atom. The van der Waals surface area contributed by atoms with Gasteiger partial charge in [-0.15, -0.1) is 0 Å². The predicted molar refractivity (Wildman–Crippen MR) is 84.0 cm³/mol. The maximum atomic E-state index is 12.2. The summed E-state index contributed by atoms with van der Waals surface area (Å²) in [6, 6.07) is 0. The molecule has 5 rings (SSSR count). The Labute approximate surface area is 133 Å². The largest absolute Gasteiger partial charge is 0.375 e. The summed E-state index contributed by atoms with van der Waals surface area (Å²) in [4.78, 5) is 14.5. The second-order valence-corrected chi connectivity index (χ2v) is 9.66. The highest BCUT2D eigenvalue weighted by Crippen LogP contribution is 2.69. The summed E-state index contributed by atoms with van der Waals surface area (Å²) < 4.78 is 0. The van der Waals surface area contributed by atoms with Crippen LogP contribution in [0, 0.1) is 34.5 Å². The summed E-state index contributed by atoms with van der Waals surface area (Å²) in [7, 11) is 0. The van der Waals surface area contributed by atoms with Gasteiger partial charge in [-0.3, -0.25) is 9.69 Å². The molecule has 5 aliphatic rings. The molecule has 1 N–H and O–H groups in total. The van der Waals surface area contributed by atoms with Crippen molar-refractivity contribution >= 4 is 5.78 Å². The third kappa shape index (κ3) is 1.44. The van der Waals surface area contributed by atoms with Crippen molar-refractivity contribution in [3.05, 3.63) is 0 Å². The maximum absolute atomic E-state index is 12.2. The Kier molecular flexibility index (Phi) is 2.52. The molecule has 0 aromatic carbocycles. The van der Waals surface area contributed by atoms with Crippen LogP contribution < -0.4 is 0 Å². The summed E-state index contributed by atoms with van der Waals surface area (Å²) in [5, 5.41) is 11.5. The van der Waals surface area contributed by atoms with Crippen LogP contribution in [0.3, 0.4) is 0 Å². The molecular formula is C19H29NO2. The molecule has 8 atom stereocenters. The van der Waals surface area contributed by atoms with Crippen LogP contribution in [0.2, 0.25) is 0 Å². The first-order chi connectivity index (χ1) is 10.4. The van der Waals surface area contributed by atoms with Crippen LogP contribution in [0.25, 0.3) is 0 Å². The van der Waals surface area contributed by atoms with Gasteiger partial charge in [0.05, 0.1) is 0 Å². The zero-order valence-corrected chi connectivity index (χ0v) is 14.0. The molecule has 4 bridgehead atoms. The monoisotopic (exact) mass is 303 g/mol. The normalized spacial score (nSPS) is 62.7. The molecule has 2 aliphatic heterocycles. The lowest BCUT2D eigenvalue weighted by molar-refractivity contribution is -0.251. The topological polar surface area (TPSA) is 40.5 Å². The van der Waals surface area contributed by atoms with E-state index in [-0.39, 0.29) is 5.41 Å². The number of ketones is 1. The van der Waals surface area contributed by atoms with E-state index in [0.29, 0.717) is 29.0 Å². The lowest BCUT2D eigenvalue weighted by atomic mass is 9.44. The number of Topliss-reactive ketones (excluding diaryl/α,β-unsaturated/α-hetero) is 1. The molecule has 2 saturated heterocycles. The minimum atomic E-state index is -0.557. The number of fused-ring (bicyclic) bond motifs is 4. The van der Waals surface area contributed by atoms with E-state index in [1.165, 1.54) is 25.7 Å². The fraction of sp³-hybridized carbons (Fsp3) is 0.947. The van der Waals surface area contributed by atoms with Gasteiger partial charge in [0.1, 0.15) is 11.5 Å². The van der Waals surface area contributed by atoms with Crippen LogP contribution in [0.5, 0.6) is 0 Å². The van der Waals surface area contributed by atoms with Crippen molar-refractivity contribution in [3.63, 3.8) is 0 Å². The Bertz CT molecular complexity index is 548. The summed E-state index contributed by atoms with van der Waals surface area (Å²) >= 11 is 0. The number of carbonyl (C=O) groups is 1. The van der Waals surface area contributed by atoms with Crippen molar-refractivity contribution in [2.75, 3.05) is 13.1 Å². The Morgan fingerprint density at radius 3 is 2.77 bits per heavy atom. The van der Waals surface area contributed by atoms with Crippen LogP contribution in [0.1, 0.15) is 58.8 Å². The molecule has 5 fully saturated rings. The molecule has 0 aromatic heterocycles.